The third-order valence-electron chi connectivity index (χ3n) is 2.89. The minimum atomic E-state index is -0.431. The number of nitrogens with one attached hydrogen (secondary N) is 1. The highest BCUT2D eigenvalue weighted by molar-refractivity contribution is 7.81. The van der Waals surface area contributed by atoms with Gasteiger partial charge in [0.25, 0.3) is 5.56 Å². The van der Waals surface area contributed by atoms with Gasteiger partial charge in [0.2, 0.25) is 5.88 Å². The predicted molar refractivity (Wildman–Crippen MR) is 84.9 cm³/mol. The molecule has 0 fully saturated rings. The van der Waals surface area contributed by atoms with Crippen molar-refractivity contribution in [2.45, 2.75) is 0 Å². The Morgan fingerprint density at radius 1 is 1.20 bits per heavy atom. The average molecular weight is 307 g/mol. The van der Waals surface area contributed by atoms with E-state index in [2.05, 4.69) is 5.32 Å². The Morgan fingerprint density at radius 2 is 1.80 bits per heavy atom. The molecule has 0 aliphatic carbocycles. The molecule has 5 nitrogen and oxygen atoms in total. The lowest BCUT2D eigenvalue weighted by Gasteiger charge is -2.13. The van der Waals surface area contributed by atoms with E-state index in [1.807, 2.05) is 30.3 Å². The van der Waals surface area contributed by atoms with Crippen LogP contribution in [0, 0.1) is 4.77 Å². The Morgan fingerprint density at radius 3 is 2.40 bits per heavy atom. The maximum absolute atomic E-state index is 12.2. The van der Waals surface area contributed by atoms with Crippen LogP contribution in [0.15, 0.2) is 35.1 Å². The molecule has 1 heterocycles. The maximum Gasteiger partial charge on any atom is 0.268 e. The van der Waals surface area contributed by atoms with E-state index in [4.69, 9.17) is 24.4 Å². The molecule has 0 saturated heterocycles. The van der Waals surface area contributed by atoms with E-state index in [-0.39, 0.29) is 21.2 Å². The molecule has 0 atom stereocenters. The Bertz CT molecular complexity index is 779. The molecule has 0 aliphatic rings. The number of aromatic nitrogens is 2. The second-order valence-electron chi connectivity index (χ2n) is 4.22. The van der Waals surface area contributed by atoms with Gasteiger partial charge in [-0.2, -0.15) is 0 Å². The first-order chi connectivity index (χ1) is 9.43. The molecule has 0 unspecified atom stereocenters. The third kappa shape index (κ3) is 2.50. The number of thiocarbonyl (C=S) groups is 1. The summed E-state index contributed by atoms with van der Waals surface area (Å²) in [6.45, 7) is 0. The number of aromatic hydroxyl groups is 1. The van der Waals surface area contributed by atoms with E-state index < -0.39 is 5.56 Å². The molecule has 1 aromatic heterocycles. The second-order valence-corrected chi connectivity index (χ2v) is 5.00. The van der Waals surface area contributed by atoms with Gasteiger partial charge in [-0.1, -0.05) is 30.4 Å². The maximum atomic E-state index is 12.2. The molecule has 0 radical (unpaired) electrons. The number of benzene rings is 1. The molecule has 20 heavy (non-hydrogen) atoms. The smallest absolute Gasteiger partial charge is 0.268 e. The van der Waals surface area contributed by atoms with Crippen molar-refractivity contribution in [3.63, 3.8) is 0 Å². The van der Waals surface area contributed by atoms with Gasteiger partial charge >= 0.3 is 0 Å². The molecule has 0 amide bonds. The molecule has 2 aromatic rings. The zero-order valence-corrected chi connectivity index (χ0v) is 12.6. The minimum Gasteiger partial charge on any atom is -0.494 e. The highest BCUT2D eigenvalue weighted by Gasteiger charge is 2.17. The number of anilines is 1. The first-order valence-electron chi connectivity index (χ1n) is 5.79. The number of hydrogen-bond donors (Lipinski definition) is 2. The van der Waals surface area contributed by atoms with E-state index >= 15 is 0 Å². The molecular formula is C13H13N3O2S2. The van der Waals surface area contributed by atoms with Gasteiger partial charge in [-0.3, -0.25) is 13.9 Å². The van der Waals surface area contributed by atoms with Crippen molar-refractivity contribution >= 4 is 35.1 Å². The summed E-state index contributed by atoms with van der Waals surface area (Å²) < 4.78 is 2.83. The molecule has 0 aliphatic heterocycles. The Labute approximate surface area is 126 Å². The van der Waals surface area contributed by atoms with Crippen molar-refractivity contribution in [3.05, 3.63) is 51.0 Å². The van der Waals surface area contributed by atoms with Crippen molar-refractivity contribution in [2.75, 3.05) is 5.32 Å². The topological polar surface area (TPSA) is 59.2 Å². The molecule has 0 bridgehead atoms. The second kappa shape index (κ2) is 5.56. The van der Waals surface area contributed by atoms with E-state index in [1.54, 1.807) is 14.1 Å². The van der Waals surface area contributed by atoms with Crippen molar-refractivity contribution in [1.29, 1.82) is 0 Å². The van der Waals surface area contributed by atoms with E-state index in [1.165, 1.54) is 9.13 Å². The highest BCUT2D eigenvalue weighted by atomic mass is 32.1. The molecule has 7 heteroatoms. The summed E-state index contributed by atoms with van der Waals surface area (Å²) in [5.41, 5.74) is 0.338. The van der Waals surface area contributed by atoms with Crippen LogP contribution in [0.2, 0.25) is 0 Å². The Balaban J connectivity index is 2.51. The summed E-state index contributed by atoms with van der Waals surface area (Å²) >= 11 is 10.3. The van der Waals surface area contributed by atoms with Gasteiger partial charge in [0, 0.05) is 19.8 Å². The molecule has 2 rings (SSSR count). The van der Waals surface area contributed by atoms with Crippen molar-refractivity contribution in [3.8, 4) is 5.88 Å². The van der Waals surface area contributed by atoms with Gasteiger partial charge in [-0.15, -0.1) is 0 Å². The van der Waals surface area contributed by atoms with Crippen LogP contribution in [0.3, 0.4) is 0 Å². The summed E-state index contributed by atoms with van der Waals surface area (Å²) in [6.07, 6.45) is 0. The summed E-state index contributed by atoms with van der Waals surface area (Å²) in [5, 5.41) is 13.0. The number of nitrogens with zero attached hydrogens (tertiary/aromatic N) is 2. The third-order valence-corrected chi connectivity index (χ3v) is 3.75. The van der Waals surface area contributed by atoms with E-state index in [9.17, 15) is 9.90 Å². The first-order valence-corrected chi connectivity index (χ1v) is 6.60. The predicted octanol–water partition coefficient (Wildman–Crippen LogP) is 1.95. The Kier molecular flexibility index (Phi) is 4.01. The van der Waals surface area contributed by atoms with Gasteiger partial charge in [0.15, 0.2) is 4.77 Å². The van der Waals surface area contributed by atoms with Crippen LogP contribution in [-0.2, 0) is 14.1 Å². The summed E-state index contributed by atoms with van der Waals surface area (Å²) in [6, 6.07) is 9.19. The monoisotopic (exact) mass is 307 g/mol. The lowest BCUT2D eigenvalue weighted by molar-refractivity contribution is 0.414. The molecular weight excluding hydrogens is 294 g/mol. The molecule has 104 valence electrons. The standard InChI is InChI=1S/C13H13N3O2S2/c1-15-11(17)9(12(18)16(2)13(15)20)10(19)14-8-6-4-3-5-7-8/h3-7,17H,1-2H3,(H,14,19). The summed E-state index contributed by atoms with van der Waals surface area (Å²) in [7, 11) is 3.12. The largest absolute Gasteiger partial charge is 0.494 e. The van der Waals surface area contributed by atoms with Crippen LogP contribution in [-0.4, -0.2) is 19.2 Å². The van der Waals surface area contributed by atoms with Gasteiger partial charge in [0.05, 0.1) is 0 Å². The van der Waals surface area contributed by atoms with Gasteiger partial charge in [0.1, 0.15) is 10.6 Å². The molecule has 2 N–H and O–H groups in total. The van der Waals surface area contributed by atoms with Crippen molar-refractivity contribution in [2.24, 2.45) is 14.1 Å². The lowest BCUT2D eigenvalue weighted by atomic mass is 10.2. The molecule has 0 spiro atoms. The van der Waals surface area contributed by atoms with Crippen LogP contribution >= 0.6 is 24.4 Å². The number of hydrogen-bond acceptors (Lipinski definition) is 4. The van der Waals surface area contributed by atoms with Crippen LogP contribution in [0.1, 0.15) is 5.56 Å². The van der Waals surface area contributed by atoms with Gasteiger partial charge < -0.3 is 10.4 Å². The first kappa shape index (κ1) is 14.4. The van der Waals surface area contributed by atoms with Crippen LogP contribution in [0.4, 0.5) is 5.69 Å². The normalized spacial score (nSPS) is 10.3. The Hall–Kier alpha value is -1.99. The molecule has 0 saturated carbocycles. The highest BCUT2D eigenvalue weighted by Crippen LogP contribution is 2.15. The zero-order valence-electron chi connectivity index (χ0n) is 11.0. The van der Waals surface area contributed by atoms with E-state index in [0.717, 1.165) is 5.69 Å². The number of para-hydroxylation sites is 1. The quantitative estimate of drug-likeness (QED) is 0.831. The fraction of sp³-hybridized carbons (Fsp3) is 0.154. The van der Waals surface area contributed by atoms with Crippen LogP contribution < -0.4 is 10.9 Å². The van der Waals surface area contributed by atoms with Gasteiger partial charge in [-0.25, -0.2) is 0 Å². The molecule has 1 aromatic carbocycles. The SMILES string of the molecule is Cn1c(O)c(C(=S)Nc2ccccc2)c(=O)n(C)c1=S. The van der Waals surface area contributed by atoms with E-state index in [0.29, 0.717) is 0 Å². The fourth-order valence-corrected chi connectivity index (χ4v) is 2.21. The zero-order chi connectivity index (χ0) is 14.9. The van der Waals surface area contributed by atoms with Crippen LogP contribution in [0.5, 0.6) is 5.88 Å². The van der Waals surface area contributed by atoms with Gasteiger partial charge in [-0.05, 0) is 24.4 Å². The van der Waals surface area contributed by atoms with Crippen molar-refractivity contribution in [1.82, 2.24) is 9.13 Å². The fourth-order valence-electron chi connectivity index (χ4n) is 1.75. The summed E-state index contributed by atoms with van der Waals surface area (Å²) in [5.74, 6) is -0.244. The summed E-state index contributed by atoms with van der Waals surface area (Å²) in [4.78, 5) is 12.3. The average Bonchev–Trinajstić information content (AvgIpc) is 2.44. The lowest BCUT2D eigenvalue weighted by Crippen LogP contribution is -2.30. The number of rotatable bonds is 2. The van der Waals surface area contributed by atoms with Crippen LogP contribution in [0.25, 0.3) is 0 Å². The minimum absolute atomic E-state index is 0.0300. The van der Waals surface area contributed by atoms with Crippen molar-refractivity contribution < 1.29 is 5.11 Å².